The molecule has 0 saturated heterocycles. The van der Waals surface area contributed by atoms with Gasteiger partial charge in [-0.3, -0.25) is 19.2 Å². The van der Waals surface area contributed by atoms with E-state index in [-0.39, 0.29) is 4.98 Å². The van der Waals surface area contributed by atoms with Crippen LogP contribution >= 0.6 is 0 Å². The van der Waals surface area contributed by atoms with Crippen molar-refractivity contribution >= 4 is 23.9 Å². The maximum absolute atomic E-state index is 9.00. The van der Waals surface area contributed by atoms with Crippen LogP contribution in [0.25, 0.3) is 0 Å². The first-order valence-corrected chi connectivity index (χ1v) is 5.65. The second-order valence-electron chi connectivity index (χ2n) is 2.79. The third-order valence-electron chi connectivity index (χ3n) is 0.215. The molecule has 0 bridgehead atoms. The number of nitrogens with two attached hydrogens (primary N) is 2. The Kier molecular flexibility index (Phi) is 40.3. The molecule has 0 aromatic carbocycles. The molecule has 0 aromatic heterocycles. The summed E-state index contributed by atoms with van der Waals surface area (Å²) in [6, 6.07) is 0. The summed E-state index contributed by atoms with van der Waals surface area (Å²) in [5.41, 5.74) is 10.00. The van der Waals surface area contributed by atoms with Crippen LogP contribution in [0, 0.1) is 0 Å². The Morgan fingerprint density at radius 3 is 0.857 bits per heavy atom. The average Bonchev–Trinajstić information content (AvgIpc) is 2.13. The van der Waals surface area contributed by atoms with E-state index in [0.717, 1.165) is 27.7 Å². The monoisotopic (exact) mass is 358 g/mol. The number of aliphatic carboxylic acids is 4. The maximum atomic E-state index is 9.00. The predicted octanol–water partition coefficient (Wildman–Crippen LogP) is -0.860. The average molecular weight is 358 g/mol. The van der Waals surface area contributed by atoms with Crippen LogP contribution in [0.2, 0.25) is 0 Å². The van der Waals surface area contributed by atoms with E-state index in [9.17, 15) is 0 Å². The van der Waals surface area contributed by atoms with Crippen LogP contribution in [-0.4, -0.2) is 55.8 Å². The molecular weight excluding hydrogens is 335 g/mol. The van der Waals surface area contributed by atoms with Gasteiger partial charge in [0.1, 0.15) is 0 Å². The van der Waals surface area contributed by atoms with E-state index in [2.05, 4.69) is 15.7 Å². The van der Waals surface area contributed by atoms with Gasteiger partial charge in [-0.05, 0) is 0 Å². The molecular formula is C10H23CoN2O8. The summed E-state index contributed by atoms with van der Waals surface area (Å²) in [5.74, 6) is -3.33. The van der Waals surface area contributed by atoms with Crippen molar-refractivity contribution in [3.8, 4) is 0 Å². The number of hydrogen-bond acceptors (Lipinski definition) is 6. The zero-order valence-corrected chi connectivity index (χ0v) is 13.2. The van der Waals surface area contributed by atoms with Crippen molar-refractivity contribution < 1.29 is 55.3 Å². The molecule has 0 spiro atoms. The molecule has 1 atom stereocenters. The van der Waals surface area contributed by atoms with Gasteiger partial charge in [-0.25, -0.2) is 0 Å². The third kappa shape index (κ3) is 51800. The van der Waals surface area contributed by atoms with Gasteiger partial charge in [-0.15, -0.1) is 0 Å². The standard InChI is InChI=1S/C2H7N2.4C2H4O2.Co/c3-1-2-4;4*1-2(3)4;/h1H,2-4H2;4*1H3,(H,3,4);. The van der Waals surface area contributed by atoms with E-state index < -0.39 is 23.9 Å². The van der Waals surface area contributed by atoms with E-state index in [1.807, 2.05) is 0 Å². The number of carboxylic acids is 4. The van der Waals surface area contributed by atoms with E-state index in [1.54, 1.807) is 0 Å². The Hall–Kier alpha value is -1.69. The van der Waals surface area contributed by atoms with Crippen LogP contribution in [0.5, 0.6) is 0 Å². The first-order valence-electron chi connectivity index (χ1n) is 5.05. The van der Waals surface area contributed by atoms with Gasteiger partial charge in [0.2, 0.25) is 0 Å². The van der Waals surface area contributed by atoms with Gasteiger partial charge in [0.05, 0.1) is 0 Å². The number of hydrogen-bond donors (Lipinski definition) is 6. The Morgan fingerprint density at radius 1 is 0.810 bits per heavy atom. The summed E-state index contributed by atoms with van der Waals surface area (Å²) < 4.78 is 0. The Balaban J connectivity index is -0.0000000510. The summed E-state index contributed by atoms with van der Waals surface area (Å²) in [5, 5.41) is 29.7. The Labute approximate surface area is 130 Å². The molecule has 0 heterocycles. The van der Waals surface area contributed by atoms with E-state index in [4.69, 9.17) is 51.1 Å². The number of carboxylic acid groups (broad SMARTS) is 4. The summed E-state index contributed by atoms with van der Waals surface area (Å²) in [7, 11) is 0. The first kappa shape index (κ1) is 31.6. The summed E-state index contributed by atoms with van der Waals surface area (Å²) >= 11 is 3.79. The van der Waals surface area contributed by atoms with Gasteiger partial charge >= 0.3 is 38.7 Å². The van der Waals surface area contributed by atoms with Crippen LogP contribution in [0.3, 0.4) is 0 Å². The minimum absolute atomic E-state index is 0.150. The van der Waals surface area contributed by atoms with Gasteiger partial charge in [0.15, 0.2) is 0 Å². The fourth-order valence-electron chi connectivity index (χ4n) is 0. The number of carbonyl (C=O) groups is 4. The zero-order valence-electron chi connectivity index (χ0n) is 12.2. The van der Waals surface area contributed by atoms with Crippen molar-refractivity contribution in [2.45, 2.75) is 32.7 Å². The Bertz CT molecular complexity index is 220. The van der Waals surface area contributed by atoms with Gasteiger partial charge in [-0.1, -0.05) is 0 Å². The van der Waals surface area contributed by atoms with Crippen LogP contribution in [0.15, 0.2) is 0 Å². The normalized spacial score (nSPS) is 8.38. The van der Waals surface area contributed by atoms with Gasteiger partial charge < -0.3 is 20.4 Å². The Morgan fingerprint density at radius 2 is 0.857 bits per heavy atom. The van der Waals surface area contributed by atoms with Gasteiger partial charge in [0.25, 0.3) is 23.9 Å². The molecule has 0 aliphatic heterocycles. The van der Waals surface area contributed by atoms with E-state index >= 15 is 0 Å². The van der Waals surface area contributed by atoms with Gasteiger partial charge in [0, 0.05) is 27.7 Å². The van der Waals surface area contributed by atoms with Gasteiger partial charge in [-0.2, -0.15) is 0 Å². The van der Waals surface area contributed by atoms with Crippen molar-refractivity contribution in [3.63, 3.8) is 0 Å². The van der Waals surface area contributed by atoms with Crippen molar-refractivity contribution in [1.82, 2.24) is 0 Å². The van der Waals surface area contributed by atoms with Crippen LogP contribution < -0.4 is 11.5 Å². The number of rotatable bonds is 1. The fraction of sp³-hybridized carbons (Fsp3) is 0.600. The van der Waals surface area contributed by atoms with Crippen LogP contribution in [-0.2, 0) is 34.9 Å². The quantitative estimate of drug-likeness (QED) is 0.342. The van der Waals surface area contributed by atoms with Crippen molar-refractivity contribution in [2.24, 2.45) is 11.5 Å². The molecule has 0 radical (unpaired) electrons. The van der Waals surface area contributed by atoms with E-state index in [1.165, 1.54) is 0 Å². The molecule has 0 fully saturated rings. The molecule has 11 heteroatoms. The second kappa shape index (κ2) is 26.8. The molecule has 8 N–H and O–H groups in total. The summed E-state index contributed by atoms with van der Waals surface area (Å²) in [6.45, 7) is 4.78. The minimum atomic E-state index is -0.833. The molecule has 0 saturated carbocycles. The molecule has 0 rings (SSSR count). The molecule has 1 unspecified atom stereocenters. The van der Waals surface area contributed by atoms with Crippen molar-refractivity contribution in [2.75, 3.05) is 6.54 Å². The van der Waals surface area contributed by atoms with Crippen LogP contribution in [0.1, 0.15) is 27.7 Å². The van der Waals surface area contributed by atoms with Crippen molar-refractivity contribution in [1.29, 1.82) is 0 Å². The SMILES string of the molecule is CC(=O)O.CC(=O)O.CC(=O)O.CC(=O)O.NC[CH](N)[Co]. The first-order chi connectivity index (χ1) is 9.20. The summed E-state index contributed by atoms with van der Waals surface area (Å²) in [6.07, 6.45) is 0. The predicted molar refractivity (Wildman–Crippen MR) is 70.3 cm³/mol. The zero-order chi connectivity index (χ0) is 18.6. The molecule has 0 amide bonds. The molecule has 0 aliphatic rings. The van der Waals surface area contributed by atoms with Crippen LogP contribution in [0.4, 0.5) is 0 Å². The topological polar surface area (TPSA) is 201 Å². The molecule has 0 aromatic rings. The second-order valence-corrected chi connectivity index (χ2v) is 3.57. The molecule has 21 heavy (non-hydrogen) atoms. The molecule has 130 valence electrons. The third-order valence-corrected chi connectivity index (χ3v) is 0.460. The summed E-state index contributed by atoms with van der Waals surface area (Å²) in [4.78, 5) is 35.8. The van der Waals surface area contributed by atoms with Crippen molar-refractivity contribution in [3.05, 3.63) is 0 Å². The fourth-order valence-corrected chi connectivity index (χ4v) is 0. The molecule has 0 aliphatic carbocycles. The molecule has 10 nitrogen and oxygen atoms in total. The van der Waals surface area contributed by atoms with E-state index in [0.29, 0.717) is 6.54 Å².